The highest BCUT2D eigenvalue weighted by atomic mass is 32.2. The summed E-state index contributed by atoms with van der Waals surface area (Å²) in [4.78, 5) is 34.7. The molecule has 0 saturated heterocycles. The fourth-order valence-corrected chi connectivity index (χ4v) is 3.51. The first kappa shape index (κ1) is 20.8. The molecule has 1 aliphatic carbocycles. The second kappa shape index (κ2) is 8.44. The predicted molar refractivity (Wildman–Crippen MR) is 94.4 cm³/mol. The molecular weight excluding hydrogens is 378 g/mol. The molecule has 10 nitrogen and oxygen atoms in total. The molecule has 148 valence electrons. The van der Waals surface area contributed by atoms with Gasteiger partial charge in [0.2, 0.25) is 15.9 Å². The molecule has 2 rings (SSSR count). The number of non-ortho nitro benzene ring substituents is 1. The third kappa shape index (κ3) is 5.73. The zero-order valence-corrected chi connectivity index (χ0v) is 15.5. The van der Waals surface area contributed by atoms with Gasteiger partial charge in [-0.2, -0.15) is 0 Å². The van der Waals surface area contributed by atoms with Gasteiger partial charge in [-0.3, -0.25) is 19.7 Å². The van der Waals surface area contributed by atoms with Crippen molar-refractivity contribution in [1.29, 1.82) is 0 Å². The number of nitrogens with one attached hydrogen (secondary N) is 1. The maximum absolute atomic E-state index is 12.3. The number of nitro benzene ring substituents is 1. The summed E-state index contributed by atoms with van der Waals surface area (Å²) >= 11 is 0. The van der Waals surface area contributed by atoms with Crippen LogP contribution in [0.25, 0.3) is 0 Å². The molecule has 1 amide bonds. The maximum atomic E-state index is 12.3. The van der Waals surface area contributed by atoms with Crippen molar-refractivity contribution in [2.24, 2.45) is 5.92 Å². The van der Waals surface area contributed by atoms with Crippen LogP contribution in [0.5, 0.6) is 0 Å². The summed E-state index contributed by atoms with van der Waals surface area (Å²) in [6.07, 6.45) is 1.52. The number of aliphatic carboxylic acids is 1. The number of nitrogens with zero attached hydrogens (tertiary/aromatic N) is 2. The smallest absolute Gasteiger partial charge is 0.308 e. The van der Waals surface area contributed by atoms with E-state index in [4.69, 9.17) is 5.11 Å². The number of amides is 1. The van der Waals surface area contributed by atoms with Crippen LogP contribution in [0.2, 0.25) is 0 Å². The molecule has 1 unspecified atom stereocenters. The zero-order chi connectivity index (χ0) is 20.2. The average molecular weight is 399 g/mol. The van der Waals surface area contributed by atoms with Crippen molar-refractivity contribution in [3.05, 3.63) is 34.4 Å². The summed E-state index contributed by atoms with van der Waals surface area (Å²) in [6, 6.07) is 4.43. The van der Waals surface area contributed by atoms with Crippen LogP contribution in [0.15, 0.2) is 29.2 Å². The largest absolute Gasteiger partial charge is 0.481 e. The van der Waals surface area contributed by atoms with E-state index in [9.17, 15) is 28.1 Å². The maximum Gasteiger partial charge on any atom is 0.308 e. The normalized spacial score (nSPS) is 15.1. The van der Waals surface area contributed by atoms with Gasteiger partial charge in [0.25, 0.3) is 5.69 Å². The van der Waals surface area contributed by atoms with Crippen molar-refractivity contribution < 1.29 is 28.0 Å². The van der Waals surface area contributed by atoms with Crippen LogP contribution in [0.3, 0.4) is 0 Å². The lowest BCUT2D eigenvalue weighted by Gasteiger charge is -2.24. The summed E-state index contributed by atoms with van der Waals surface area (Å²) in [5, 5.41) is 19.6. The van der Waals surface area contributed by atoms with Crippen molar-refractivity contribution in [1.82, 2.24) is 9.62 Å². The fourth-order valence-electron chi connectivity index (χ4n) is 2.48. The van der Waals surface area contributed by atoms with Gasteiger partial charge >= 0.3 is 5.97 Å². The molecule has 0 heterocycles. The summed E-state index contributed by atoms with van der Waals surface area (Å²) in [5.41, 5.74) is -0.225. The van der Waals surface area contributed by atoms with E-state index in [2.05, 4.69) is 4.72 Å². The number of carboxylic acids is 1. The van der Waals surface area contributed by atoms with Crippen molar-refractivity contribution in [2.45, 2.75) is 37.1 Å². The molecule has 1 fully saturated rings. The van der Waals surface area contributed by atoms with Crippen LogP contribution in [0.4, 0.5) is 5.69 Å². The van der Waals surface area contributed by atoms with E-state index in [-0.39, 0.29) is 42.0 Å². The molecule has 1 saturated carbocycles. The van der Waals surface area contributed by atoms with Gasteiger partial charge in [-0.15, -0.1) is 0 Å². The van der Waals surface area contributed by atoms with Gasteiger partial charge in [0.1, 0.15) is 0 Å². The van der Waals surface area contributed by atoms with Crippen LogP contribution >= 0.6 is 0 Å². The summed E-state index contributed by atoms with van der Waals surface area (Å²) in [7, 11) is -3.90. The van der Waals surface area contributed by atoms with Crippen molar-refractivity contribution in [3.8, 4) is 0 Å². The Morgan fingerprint density at radius 1 is 1.33 bits per heavy atom. The van der Waals surface area contributed by atoms with Gasteiger partial charge in [-0.25, -0.2) is 13.1 Å². The Bertz CT molecular complexity index is 819. The average Bonchev–Trinajstić information content (AvgIpc) is 3.44. The second-order valence-corrected chi connectivity index (χ2v) is 8.18. The Kier molecular flexibility index (Phi) is 6.50. The Hall–Kier alpha value is -2.53. The second-order valence-electron chi connectivity index (χ2n) is 6.42. The molecule has 1 atom stereocenters. The lowest BCUT2D eigenvalue weighted by molar-refractivity contribution is -0.384. The Balaban J connectivity index is 1.92. The standard InChI is InChI=1S/C16H21N3O7S/c1-11(16(21)22)10-18(12-2-3-12)15(20)8-9-17-27(25,26)14-6-4-13(5-7-14)19(23)24/h4-7,11-12,17H,2-3,8-10H2,1H3,(H,21,22). The van der Waals surface area contributed by atoms with Gasteiger partial charge < -0.3 is 10.0 Å². The molecule has 0 aliphatic heterocycles. The monoisotopic (exact) mass is 399 g/mol. The number of sulfonamides is 1. The topological polar surface area (TPSA) is 147 Å². The third-order valence-electron chi connectivity index (χ3n) is 4.19. The number of rotatable bonds is 10. The first-order chi connectivity index (χ1) is 12.6. The first-order valence-corrected chi connectivity index (χ1v) is 9.86. The van der Waals surface area contributed by atoms with E-state index in [0.29, 0.717) is 0 Å². The van der Waals surface area contributed by atoms with E-state index < -0.39 is 26.8 Å². The number of carboxylic acid groups (broad SMARTS) is 1. The Morgan fingerprint density at radius 2 is 1.93 bits per heavy atom. The number of hydrogen-bond donors (Lipinski definition) is 2. The van der Waals surface area contributed by atoms with E-state index in [1.807, 2.05) is 0 Å². The lowest BCUT2D eigenvalue weighted by atomic mass is 10.1. The molecule has 0 aromatic heterocycles. The quantitative estimate of drug-likeness (QED) is 0.440. The molecular formula is C16H21N3O7S. The van der Waals surface area contributed by atoms with Crippen LogP contribution < -0.4 is 4.72 Å². The molecule has 1 aromatic rings. The van der Waals surface area contributed by atoms with E-state index in [1.54, 1.807) is 0 Å². The Morgan fingerprint density at radius 3 is 2.41 bits per heavy atom. The molecule has 1 aliphatic rings. The van der Waals surface area contributed by atoms with E-state index in [1.165, 1.54) is 11.8 Å². The first-order valence-electron chi connectivity index (χ1n) is 8.38. The highest BCUT2D eigenvalue weighted by molar-refractivity contribution is 7.89. The van der Waals surface area contributed by atoms with Crippen LogP contribution in [0, 0.1) is 16.0 Å². The van der Waals surface area contributed by atoms with Crippen LogP contribution in [-0.2, 0) is 19.6 Å². The van der Waals surface area contributed by atoms with Gasteiger partial charge in [-0.05, 0) is 25.0 Å². The number of carbonyl (C=O) groups excluding carboxylic acids is 1. The molecule has 0 bridgehead atoms. The number of benzene rings is 1. The molecule has 2 N–H and O–H groups in total. The molecule has 0 radical (unpaired) electrons. The Labute approximate surface area is 156 Å². The zero-order valence-electron chi connectivity index (χ0n) is 14.7. The summed E-state index contributed by atoms with van der Waals surface area (Å²) in [6.45, 7) is 1.46. The van der Waals surface area contributed by atoms with E-state index in [0.717, 1.165) is 37.1 Å². The van der Waals surface area contributed by atoms with Crippen LogP contribution in [0.1, 0.15) is 26.2 Å². The summed E-state index contributed by atoms with van der Waals surface area (Å²) < 4.78 is 26.7. The minimum Gasteiger partial charge on any atom is -0.481 e. The number of nitro groups is 1. The fraction of sp³-hybridized carbons (Fsp3) is 0.500. The van der Waals surface area contributed by atoms with Crippen LogP contribution in [-0.4, -0.2) is 54.4 Å². The minimum atomic E-state index is -3.90. The van der Waals surface area contributed by atoms with Crippen molar-refractivity contribution in [3.63, 3.8) is 0 Å². The molecule has 1 aromatic carbocycles. The SMILES string of the molecule is CC(CN(C(=O)CCNS(=O)(=O)c1ccc([N+](=O)[O-])cc1)C1CC1)C(=O)O. The summed E-state index contributed by atoms with van der Waals surface area (Å²) in [5.74, 6) is -2.00. The number of carbonyl (C=O) groups is 2. The molecule has 27 heavy (non-hydrogen) atoms. The highest BCUT2D eigenvalue weighted by Gasteiger charge is 2.34. The van der Waals surface area contributed by atoms with Crippen molar-refractivity contribution in [2.75, 3.05) is 13.1 Å². The van der Waals surface area contributed by atoms with Gasteiger partial charge in [-0.1, -0.05) is 6.92 Å². The minimum absolute atomic E-state index is 0.0191. The third-order valence-corrected chi connectivity index (χ3v) is 5.67. The predicted octanol–water partition coefficient (Wildman–Crippen LogP) is 0.975. The van der Waals surface area contributed by atoms with E-state index >= 15 is 0 Å². The van der Waals surface area contributed by atoms with Crippen molar-refractivity contribution >= 4 is 27.6 Å². The molecule has 11 heteroatoms. The lowest BCUT2D eigenvalue weighted by Crippen LogP contribution is -2.40. The van der Waals surface area contributed by atoms with Gasteiger partial charge in [0, 0.05) is 37.7 Å². The molecule has 0 spiro atoms. The number of hydrogen-bond acceptors (Lipinski definition) is 6. The highest BCUT2D eigenvalue weighted by Crippen LogP contribution is 2.28. The van der Waals surface area contributed by atoms with Gasteiger partial charge in [0.05, 0.1) is 15.7 Å². The van der Waals surface area contributed by atoms with Gasteiger partial charge in [0.15, 0.2) is 0 Å².